The summed E-state index contributed by atoms with van der Waals surface area (Å²) in [7, 11) is 0. The summed E-state index contributed by atoms with van der Waals surface area (Å²) in [4.78, 5) is 5.28. The zero-order chi connectivity index (χ0) is 7.68. The average molecular weight is 262 g/mol. The highest BCUT2D eigenvalue weighted by Gasteiger charge is 2.02. The van der Waals surface area contributed by atoms with Crippen LogP contribution in [0.2, 0.25) is 0 Å². The molecule has 0 amide bonds. The molecule has 0 N–H and O–H groups in total. The molecule has 0 unspecified atom stereocenters. The summed E-state index contributed by atoms with van der Waals surface area (Å²) in [5, 5.41) is 7.45. The zero-order valence-corrected chi connectivity index (χ0v) is 7.46. The number of hydrogen-bond donors (Lipinski definition) is 0. The van der Waals surface area contributed by atoms with Crippen molar-refractivity contribution in [2.24, 2.45) is 0 Å². The van der Waals surface area contributed by atoms with Gasteiger partial charge in [0.05, 0.1) is 0 Å². The fraction of sp³-hybridized carbons (Fsp3) is 0. The molecule has 56 valence electrons. The second-order valence-corrected chi connectivity index (χ2v) is 2.27. The summed E-state index contributed by atoms with van der Waals surface area (Å²) in [6.07, 6.45) is 1.66. The smallest absolute Gasteiger partial charge is 0.230 e. The van der Waals surface area contributed by atoms with E-state index in [1.54, 1.807) is 35.3 Å². The van der Waals surface area contributed by atoms with Crippen LogP contribution in [0.1, 0.15) is 0 Å². The van der Waals surface area contributed by atoms with Gasteiger partial charge in [-0.1, -0.05) is 4.85 Å². The van der Waals surface area contributed by atoms with Crippen molar-refractivity contribution in [3.63, 3.8) is 0 Å². The third-order valence-corrected chi connectivity index (χ3v) is 1.63. The van der Waals surface area contributed by atoms with Gasteiger partial charge in [-0.25, -0.2) is 4.98 Å². The first-order valence-corrected chi connectivity index (χ1v) is 3.75. The molecule has 5 nitrogen and oxygen atoms in total. The van der Waals surface area contributed by atoms with Gasteiger partial charge in [-0.05, 0) is 17.3 Å². The zero-order valence-electron chi connectivity index (χ0n) is 5.31. The van der Waals surface area contributed by atoms with Crippen LogP contribution in [0.25, 0.3) is 11.2 Å². The third-order valence-electron chi connectivity index (χ3n) is 1.26. The molecule has 2 aromatic rings. The van der Waals surface area contributed by atoms with Crippen molar-refractivity contribution in [1.82, 2.24) is 20.1 Å². The van der Waals surface area contributed by atoms with E-state index in [9.17, 15) is 0 Å². The van der Waals surface area contributed by atoms with Crippen LogP contribution in [0, 0.1) is 0 Å². The third kappa shape index (κ3) is 1.02. The van der Waals surface area contributed by atoms with Crippen molar-refractivity contribution in [3.05, 3.63) is 18.3 Å². The fourth-order valence-electron chi connectivity index (χ4n) is 0.797. The number of pyridine rings is 1. The quantitative estimate of drug-likeness (QED) is 0.706. The van der Waals surface area contributed by atoms with E-state index in [-0.39, 0.29) is 0 Å². The van der Waals surface area contributed by atoms with E-state index in [1.165, 1.54) is 4.85 Å². The minimum Gasteiger partial charge on any atom is -0.326 e. The van der Waals surface area contributed by atoms with Crippen molar-refractivity contribution in [1.29, 1.82) is 0 Å². The monoisotopic (exact) mass is 262 g/mol. The Hall–Kier alpha value is -0.920. The Bertz CT molecular complexity index is 373. The topological polar surface area (TPSA) is 52.8 Å². The Kier molecular flexibility index (Phi) is 1.60. The van der Waals surface area contributed by atoms with Gasteiger partial charge in [0.25, 0.3) is 0 Å². The average Bonchev–Trinajstić information content (AvgIpc) is 2.47. The number of aromatic nitrogens is 4. The highest BCUT2D eigenvalue weighted by molar-refractivity contribution is 14.1. The van der Waals surface area contributed by atoms with Crippen LogP contribution in [-0.4, -0.2) is 20.1 Å². The normalized spacial score (nSPS) is 10.3. The van der Waals surface area contributed by atoms with Crippen LogP contribution in [0.15, 0.2) is 18.3 Å². The molecule has 11 heavy (non-hydrogen) atoms. The molecule has 0 saturated heterocycles. The predicted octanol–water partition coefficient (Wildman–Crippen LogP) is 0.605. The highest BCUT2D eigenvalue weighted by atomic mass is 127. The molecule has 0 atom stereocenters. The van der Waals surface area contributed by atoms with Crippen LogP contribution >= 0.6 is 23.0 Å². The second-order valence-electron chi connectivity index (χ2n) is 1.88. The Labute approximate surface area is 76.0 Å². The van der Waals surface area contributed by atoms with Gasteiger partial charge < -0.3 is 3.17 Å². The van der Waals surface area contributed by atoms with Crippen LogP contribution < -0.4 is 3.17 Å². The van der Waals surface area contributed by atoms with Crippen molar-refractivity contribution in [2.45, 2.75) is 0 Å². The fourth-order valence-corrected chi connectivity index (χ4v) is 1.09. The summed E-state index contributed by atoms with van der Waals surface area (Å²) in [6, 6.07) is 3.64. The Morgan fingerprint density at radius 2 is 2.45 bits per heavy atom. The second kappa shape index (κ2) is 2.61. The number of halogens is 1. The van der Waals surface area contributed by atoms with Gasteiger partial charge in [-0.2, -0.15) is 0 Å². The van der Waals surface area contributed by atoms with E-state index in [1.807, 2.05) is 6.07 Å². The summed E-state index contributed by atoms with van der Waals surface area (Å²) >= 11 is 1.73. The molecule has 0 bridgehead atoms. The van der Waals surface area contributed by atoms with Gasteiger partial charge in [0.1, 0.15) is 0 Å². The van der Waals surface area contributed by atoms with Gasteiger partial charge in [0.2, 0.25) is 28.7 Å². The molecule has 2 heterocycles. The summed E-state index contributed by atoms with van der Waals surface area (Å²) < 4.78 is 4.84. The molecule has 0 aliphatic carbocycles. The standard InChI is InChI=1S/C5H3IN4O/c6-11-10-4-2-1-3-7-5(4)8-9-10/h1-3H. The lowest BCUT2D eigenvalue weighted by Gasteiger charge is -1.91. The molecule has 0 aliphatic rings. The first-order chi connectivity index (χ1) is 5.42. The molecular weight excluding hydrogens is 259 g/mol. The van der Waals surface area contributed by atoms with Crippen LogP contribution in [0.3, 0.4) is 0 Å². The van der Waals surface area contributed by atoms with Crippen LogP contribution in [-0.2, 0) is 0 Å². The molecule has 0 spiro atoms. The molecule has 0 fully saturated rings. The van der Waals surface area contributed by atoms with E-state index in [4.69, 9.17) is 3.17 Å². The van der Waals surface area contributed by atoms with E-state index in [0.717, 1.165) is 5.52 Å². The van der Waals surface area contributed by atoms with Crippen LogP contribution in [0.5, 0.6) is 0 Å². The van der Waals surface area contributed by atoms with E-state index < -0.39 is 0 Å². The SMILES string of the molecule is IOn1nnc2ncccc21. The minimum absolute atomic E-state index is 0.587. The number of rotatable bonds is 1. The maximum atomic E-state index is 4.84. The summed E-state index contributed by atoms with van der Waals surface area (Å²) in [5.74, 6) is 0. The van der Waals surface area contributed by atoms with Crippen molar-refractivity contribution in [2.75, 3.05) is 0 Å². The van der Waals surface area contributed by atoms with Gasteiger partial charge in [-0.3, -0.25) is 0 Å². The van der Waals surface area contributed by atoms with Crippen LogP contribution in [0.4, 0.5) is 0 Å². The minimum atomic E-state index is 0.587. The molecule has 0 saturated carbocycles. The summed E-state index contributed by atoms with van der Waals surface area (Å²) in [6.45, 7) is 0. The van der Waals surface area contributed by atoms with Gasteiger partial charge >= 0.3 is 0 Å². The van der Waals surface area contributed by atoms with Crippen molar-refractivity contribution in [3.8, 4) is 0 Å². The largest absolute Gasteiger partial charge is 0.326 e. The lowest BCUT2D eigenvalue weighted by atomic mass is 10.4. The lowest BCUT2D eigenvalue weighted by Crippen LogP contribution is -2.01. The van der Waals surface area contributed by atoms with E-state index in [0.29, 0.717) is 5.65 Å². The molecule has 2 rings (SSSR count). The predicted molar refractivity (Wildman–Crippen MR) is 45.9 cm³/mol. The molecule has 6 heteroatoms. The maximum absolute atomic E-state index is 4.84. The Balaban J connectivity index is 2.76. The highest BCUT2D eigenvalue weighted by Crippen LogP contribution is 2.05. The van der Waals surface area contributed by atoms with Gasteiger partial charge in [-0.15, -0.1) is 5.10 Å². The molecule has 0 aromatic carbocycles. The van der Waals surface area contributed by atoms with Crippen molar-refractivity contribution >= 4 is 34.2 Å². The van der Waals surface area contributed by atoms with E-state index in [2.05, 4.69) is 15.3 Å². The van der Waals surface area contributed by atoms with Gasteiger partial charge in [0.15, 0.2) is 5.52 Å². The first-order valence-electron chi connectivity index (χ1n) is 2.87. The molecule has 2 aromatic heterocycles. The number of nitrogens with zero attached hydrogens (tertiary/aromatic N) is 4. The Morgan fingerprint density at radius 3 is 3.27 bits per heavy atom. The summed E-state index contributed by atoms with van der Waals surface area (Å²) in [5.41, 5.74) is 1.35. The molecular formula is C5H3IN4O. The molecule has 0 radical (unpaired) electrons. The Morgan fingerprint density at radius 1 is 1.55 bits per heavy atom. The first kappa shape index (κ1) is 6.77. The lowest BCUT2D eigenvalue weighted by molar-refractivity contribution is 0.321. The maximum Gasteiger partial charge on any atom is 0.230 e. The van der Waals surface area contributed by atoms with E-state index >= 15 is 0 Å². The molecule has 0 aliphatic heterocycles. The number of fused-ring (bicyclic) bond motifs is 1. The van der Waals surface area contributed by atoms with Gasteiger partial charge in [0, 0.05) is 6.20 Å². The van der Waals surface area contributed by atoms with Crippen molar-refractivity contribution < 1.29 is 3.17 Å². The number of hydrogen-bond acceptors (Lipinski definition) is 4.